The molecule has 0 aliphatic carbocycles. The average molecular weight is 428 g/mol. The molecule has 0 bridgehead atoms. The second-order valence-corrected chi connectivity index (χ2v) is 6.95. The van der Waals surface area contributed by atoms with Gasteiger partial charge in [-0.3, -0.25) is 0 Å². The summed E-state index contributed by atoms with van der Waals surface area (Å²) in [6.45, 7) is 8.74. The summed E-state index contributed by atoms with van der Waals surface area (Å²) in [5.74, 6) is 2.61. The minimum Gasteiger partial charge on any atom is -0.493 e. The van der Waals surface area contributed by atoms with E-state index in [0.717, 1.165) is 40.4 Å². The summed E-state index contributed by atoms with van der Waals surface area (Å²) in [6.07, 6.45) is 6.33. The molecule has 0 amide bonds. The molecular formula is C25H33NO5. The number of oxime groups is 1. The number of benzene rings is 2. The molecular weight excluding hydrogens is 394 g/mol. The summed E-state index contributed by atoms with van der Waals surface area (Å²) in [5, 5.41) is 3.62. The predicted molar refractivity (Wildman–Crippen MR) is 123 cm³/mol. The molecule has 0 aliphatic heterocycles. The molecule has 0 aliphatic rings. The lowest BCUT2D eigenvalue weighted by molar-refractivity contribution is 0.154. The Morgan fingerprint density at radius 1 is 0.871 bits per heavy atom. The largest absolute Gasteiger partial charge is 0.493 e. The van der Waals surface area contributed by atoms with Crippen molar-refractivity contribution < 1.29 is 23.8 Å². The van der Waals surface area contributed by atoms with Crippen LogP contribution in [-0.2, 0) is 16.2 Å². The first-order valence-electron chi connectivity index (χ1n) is 10.5. The Kier molecular flexibility index (Phi) is 11.0. The molecule has 0 fully saturated rings. The summed E-state index contributed by atoms with van der Waals surface area (Å²) in [6, 6.07) is 11.9. The molecule has 0 radical (unpaired) electrons. The number of hydrogen-bond acceptors (Lipinski definition) is 6. The Morgan fingerprint density at radius 3 is 2.26 bits per heavy atom. The molecule has 6 heteroatoms. The fourth-order valence-electron chi connectivity index (χ4n) is 2.90. The van der Waals surface area contributed by atoms with Gasteiger partial charge in [0, 0.05) is 6.42 Å². The highest BCUT2D eigenvalue weighted by atomic mass is 16.6. The third-order valence-electron chi connectivity index (χ3n) is 4.38. The van der Waals surface area contributed by atoms with Gasteiger partial charge < -0.3 is 23.8 Å². The number of hydrogen-bond donors (Lipinski definition) is 0. The maximum absolute atomic E-state index is 5.99. The number of rotatable bonds is 14. The lowest BCUT2D eigenvalue weighted by Crippen LogP contribution is -2.07. The van der Waals surface area contributed by atoms with Crippen molar-refractivity contribution in [3.8, 4) is 17.2 Å². The normalized spacial score (nSPS) is 11.2. The first-order chi connectivity index (χ1) is 15.1. The van der Waals surface area contributed by atoms with Crippen LogP contribution in [0.5, 0.6) is 17.2 Å². The van der Waals surface area contributed by atoms with Gasteiger partial charge >= 0.3 is 0 Å². The Hall–Kier alpha value is -2.99. The van der Waals surface area contributed by atoms with E-state index in [0.29, 0.717) is 33.0 Å². The van der Waals surface area contributed by atoms with Gasteiger partial charge in [-0.25, -0.2) is 0 Å². The van der Waals surface area contributed by atoms with Crippen molar-refractivity contribution in [1.82, 2.24) is 0 Å². The van der Waals surface area contributed by atoms with Crippen LogP contribution in [0.15, 0.2) is 53.7 Å². The van der Waals surface area contributed by atoms with Crippen LogP contribution in [0.4, 0.5) is 0 Å². The monoisotopic (exact) mass is 427 g/mol. The standard InChI is InChI=1S/C25H33NO5/c1-5-6-13-30-24-17-20(2)25(21(3)18-24)31-15-7-14-29-23-10-8-22(9-11-23)19-28-16-12-26-27-4/h5-6,8-12,17-18H,7,13-16,19H2,1-4H3/b6-5+,26-12?. The highest BCUT2D eigenvalue weighted by Crippen LogP contribution is 2.28. The minimum atomic E-state index is 0.414. The SMILES string of the molecule is C/C=C/COc1cc(C)c(OCCCOc2ccc(COCC=NOC)cc2)c(C)c1. The van der Waals surface area contributed by atoms with Crippen LogP contribution in [0, 0.1) is 13.8 Å². The molecule has 0 spiro atoms. The van der Waals surface area contributed by atoms with E-state index in [4.69, 9.17) is 18.9 Å². The maximum Gasteiger partial charge on any atom is 0.125 e. The minimum absolute atomic E-state index is 0.414. The van der Waals surface area contributed by atoms with E-state index in [1.54, 1.807) is 6.21 Å². The number of ether oxygens (including phenoxy) is 4. The van der Waals surface area contributed by atoms with E-state index < -0.39 is 0 Å². The van der Waals surface area contributed by atoms with Crippen LogP contribution < -0.4 is 14.2 Å². The molecule has 6 nitrogen and oxygen atoms in total. The van der Waals surface area contributed by atoms with Crippen molar-refractivity contribution in [2.75, 3.05) is 33.5 Å². The van der Waals surface area contributed by atoms with E-state index in [-0.39, 0.29) is 0 Å². The van der Waals surface area contributed by atoms with E-state index in [1.165, 1.54) is 7.11 Å². The predicted octanol–water partition coefficient (Wildman–Crippen LogP) is 5.26. The van der Waals surface area contributed by atoms with Crippen molar-refractivity contribution in [3.05, 3.63) is 65.2 Å². The van der Waals surface area contributed by atoms with Gasteiger partial charge in [0.15, 0.2) is 0 Å². The molecule has 31 heavy (non-hydrogen) atoms. The highest BCUT2D eigenvalue weighted by molar-refractivity contribution is 5.57. The van der Waals surface area contributed by atoms with Gasteiger partial charge in [-0.05, 0) is 61.7 Å². The van der Waals surface area contributed by atoms with Gasteiger partial charge in [-0.15, -0.1) is 0 Å². The van der Waals surface area contributed by atoms with Crippen LogP contribution in [0.3, 0.4) is 0 Å². The molecule has 168 valence electrons. The van der Waals surface area contributed by atoms with Crippen LogP contribution in [0.25, 0.3) is 0 Å². The molecule has 0 heterocycles. The summed E-state index contributed by atoms with van der Waals surface area (Å²) >= 11 is 0. The van der Waals surface area contributed by atoms with Crippen LogP contribution in [-0.4, -0.2) is 39.8 Å². The summed E-state index contributed by atoms with van der Waals surface area (Å²) in [7, 11) is 1.50. The molecule has 0 aromatic heterocycles. The molecule has 2 aromatic carbocycles. The van der Waals surface area contributed by atoms with Gasteiger partial charge in [0.05, 0.1) is 32.6 Å². The van der Waals surface area contributed by atoms with E-state index >= 15 is 0 Å². The Labute approximate surface area is 185 Å². The molecule has 0 unspecified atom stereocenters. The third-order valence-corrected chi connectivity index (χ3v) is 4.38. The average Bonchev–Trinajstić information content (AvgIpc) is 2.76. The molecule has 0 saturated heterocycles. The number of nitrogens with zero attached hydrogens (tertiary/aromatic N) is 1. The summed E-state index contributed by atoms with van der Waals surface area (Å²) in [5.41, 5.74) is 3.22. The smallest absolute Gasteiger partial charge is 0.125 e. The van der Waals surface area contributed by atoms with Gasteiger partial charge in [0.25, 0.3) is 0 Å². The zero-order chi connectivity index (χ0) is 22.3. The second-order valence-electron chi connectivity index (χ2n) is 6.95. The quantitative estimate of drug-likeness (QED) is 0.178. The van der Waals surface area contributed by atoms with Gasteiger partial charge in [-0.2, -0.15) is 0 Å². The lowest BCUT2D eigenvalue weighted by atomic mass is 10.1. The fourth-order valence-corrected chi connectivity index (χ4v) is 2.90. The van der Waals surface area contributed by atoms with Crippen molar-refractivity contribution in [2.24, 2.45) is 5.16 Å². The third kappa shape index (κ3) is 9.13. The van der Waals surface area contributed by atoms with Gasteiger partial charge in [0.2, 0.25) is 0 Å². The van der Waals surface area contributed by atoms with E-state index in [9.17, 15) is 0 Å². The van der Waals surface area contributed by atoms with Crippen molar-refractivity contribution in [1.29, 1.82) is 0 Å². The van der Waals surface area contributed by atoms with E-state index in [2.05, 4.69) is 9.99 Å². The molecule has 0 atom stereocenters. The van der Waals surface area contributed by atoms with Crippen LogP contribution >= 0.6 is 0 Å². The number of allylic oxidation sites excluding steroid dienone is 1. The topological polar surface area (TPSA) is 58.5 Å². The zero-order valence-corrected chi connectivity index (χ0v) is 18.9. The van der Waals surface area contributed by atoms with Crippen molar-refractivity contribution in [2.45, 2.75) is 33.8 Å². The van der Waals surface area contributed by atoms with E-state index in [1.807, 2.05) is 69.3 Å². The summed E-state index contributed by atoms with van der Waals surface area (Å²) in [4.78, 5) is 4.58. The van der Waals surface area contributed by atoms with Crippen molar-refractivity contribution in [3.63, 3.8) is 0 Å². The fraction of sp³-hybridized carbons (Fsp3) is 0.400. The number of aryl methyl sites for hydroxylation is 2. The second kappa shape index (κ2) is 14.1. The first kappa shape index (κ1) is 24.3. The zero-order valence-electron chi connectivity index (χ0n) is 18.9. The molecule has 0 saturated carbocycles. The van der Waals surface area contributed by atoms with Crippen LogP contribution in [0.1, 0.15) is 30.0 Å². The Morgan fingerprint density at radius 2 is 1.58 bits per heavy atom. The lowest BCUT2D eigenvalue weighted by Gasteiger charge is -2.14. The van der Waals surface area contributed by atoms with Crippen molar-refractivity contribution >= 4 is 6.21 Å². The van der Waals surface area contributed by atoms with Crippen LogP contribution in [0.2, 0.25) is 0 Å². The first-order valence-corrected chi connectivity index (χ1v) is 10.5. The molecule has 2 rings (SSSR count). The van der Waals surface area contributed by atoms with Gasteiger partial charge in [-0.1, -0.05) is 29.4 Å². The Bertz CT molecular complexity index is 807. The van der Waals surface area contributed by atoms with Gasteiger partial charge in [0.1, 0.15) is 31.0 Å². The maximum atomic E-state index is 5.99. The summed E-state index contributed by atoms with van der Waals surface area (Å²) < 4.78 is 23.0. The highest BCUT2D eigenvalue weighted by Gasteiger charge is 2.07. The Balaban J connectivity index is 1.69. The molecule has 0 N–H and O–H groups in total. The molecule has 2 aromatic rings.